The average molecular weight is 808 g/mol. The van der Waals surface area contributed by atoms with Crippen molar-refractivity contribution >= 4 is 65.6 Å². The Morgan fingerprint density at radius 1 is 0.365 bits per heavy atom. The maximum atomic E-state index is 6.46. The molecule has 0 aliphatic rings. The number of nitrogens with zero attached hydrogens (tertiary/aromatic N) is 7. The highest BCUT2D eigenvalue weighted by Gasteiger charge is 2.24. The van der Waals surface area contributed by atoms with Gasteiger partial charge in [0.05, 0.1) is 33.5 Å². The van der Waals surface area contributed by atoms with Crippen LogP contribution in [0.15, 0.2) is 205 Å². The Hall–Kier alpha value is -8.75. The predicted octanol–water partition coefficient (Wildman–Crippen LogP) is 13.4. The van der Waals surface area contributed by atoms with E-state index in [0.29, 0.717) is 17.6 Å². The Morgan fingerprint density at radius 2 is 0.952 bits per heavy atom. The lowest BCUT2D eigenvalue weighted by atomic mass is 10.0. The van der Waals surface area contributed by atoms with Gasteiger partial charge in [-0.25, -0.2) is 4.98 Å². The normalized spacial score (nSPS) is 11.8. The van der Waals surface area contributed by atoms with E-state index in [1.807, 2.05) is 72.9 Å². The lowest BCUT2D eigenvalue weighted by Gasteiger charge is -2.13. The van der Waals surface area contributed by atoms with E-state index in [2.05, 4.69) is 135 Å². The van der Waals surface area contributed by atoms with E-state index in [1.54, 1.807) is 6.20 Å². The zero-order valence-corrected chi connectivity index (χ0v) is 33.6. The third-order valence-electron chi connectivity index (χ3n) is 12.1. The molecule has 6 aromatic heterocycles. The molecule has 0 radical (unpaired) electrons. The van der Waals surface area contributed by atoms with Gasteiger partial charge in [0.2, 0.25) is 5.95 Å². The van der Waals surface area contributed by atoms with Gasteiger partial charge in [0.1, 0.15) is 11.2 Å². The molecule has 0 atom stereocenters. The smallest absolute Gasteiger partial charge is 0.238 e. The number of benzene rings is 7. The maximum absolute atomic E-state index is 6.46. The van der Waals surface area contributed by atoms with Gasteiger partial charge >= 0.3 is 0 Å². The van der Waals surface area contributed by atoms with E-state index < -0.39 is 0 Å². The van der Waals surface area contributed by atoms with Crippen molar-refractivity contribution < 1.29 is 4.42 Å². The molecular weight excluding hydrogens is 775 g/mol. The molecule has 0 amide bonds. The van der Waals surface area contributed by atoms with Gasteiger partial charge in [0, 0.05) is 61.5 Å². The second-order valence-corrected chi connectivity index (χ2v) is 15.7. The minimum Gasteiger partial charge on any atom is -0.456 e. The number of furan rings is 1. The first kappa shape index (κ1) is 35.0. The van der Waals surface area contributed by atoms with E-state index in [9.17, 15) is 0 Å². The molecule has 7 aromatic carbocycles. The Kier molecular flexibility index (Phi) is 7.74. The van der Waals surface area contributed by atoms with Gasteiger partial charge in [0.15, 0.2) is 11.6 Å². The van der Waals surface area contributed by atoms with Crippen LogP contribution in [0.2, 0.25) is 0 Å². The minimum absolute atomic E-state index is 0.507. The molecule has 0 fully saturated rings. The Labute approximate surface area is 360 Å². The van der Waals surface area contributed by atoms with E-state index in [4.69, 9.17) is 24.4 Å². The van der Waals surface area contributed by atoms with Gasteiger partial charge in [-0.3, -0.25) is 14.5 Å². The summed E-state index contributed by atoms with van der Waals surface area (Å²) in [6, 6.07) is 65.0. The van der Waals surface area contributed by atoms with Gasteiger partial charge in [-0.05, 0) is 77.9 Å². The third-order valence-corrected chi connectivity index (χ3v) is 12.1. The number of pyridine rings is 2. The molecule has 8 nitrogen and oxygen atoms in total. The summed E-state index contributed by atoms with van der Waals surface area (Å²) < 4.78 is 11.1. The molecule has 0 saturated carbocycles. The van der Waals surface area contributed by atoms with Gasteiger partial charge in [-0.2, -0.15) is 9.97 Å². The van der Waals surface area contributed by atoms with Crippen LogP contribution >= 0.6 is 0 Å². The Balaban J connectivity index is 1.09. The molecule has 0 N–H and O–H groups in total. The van der Waals surface area contributed by atoms with Crippen molar-refractivity contribution in [1.82, 2.24) is 34.1 Å². The summed E-state index contributed by atoms with van der Waals surface area (Å²) in [5, 5.41) is 6.58. The molecule has 294 valence electrons. The van der Waals surface area contributed by atoms with Crippen LogP contribution in [-0.4, -0.2) is 34.1 Å². The summed E-state index contributed by atoms with van der Waals surface area (Å²) in [5.74, 6) is 1.59. The Bertz CT molecular complexity index is 3890. The summed E-state index contributed by atoms with van der Waals surface area (Å²) in [6.07, 6.45) is 3.59. The minimum atomic E-state index is 0.507. The van der Waals surface area contributed by atoms with Crippen molar-refractivity contribution in [3.8, 4) is 56.9 Å². The molecule has 0 aliphatic carbocycles. The van der Waals surface area contributed by atoms with Gasteiger partial charge < -0.3 is 8.98 Å². The van der Waals surface area contributed by atoms with Gasteiger partial charge in [-0.15, -0.1) is 0 Å². The van der Waals surface area contributed by atoms with Crippen LogP contribution in [0.5, 0.6) is 0 Å². The van der Waals surface area contributed by atoms with E-state index in [0.717, 1.165) is 105 Å². The van der Waals surface area contributed by atoms with Gasteiger partial charge in [-0.1, -0.05) is 121 Å². The van der Waals surface area contributed by atoms with Crippen molar-refractivity contribution in [1.29, 1.82) is 0 Å². The largest absolute Gasteiger partial charge is 0.456 e. The summed E-state index contributed by atoms with van der Waals surface area (Å²) >= 11 is 0. The van der Waals surface area contributed by atoms with Crippen molar-refractivity contribution in [2.75, 3.05) is 0 Å². The van der Waals surface area contributed by atoms with Crippen LogP contribution in [0, 0.1) is 0 Å². The molecule has 0 unspecified atom stereocenters. The first-order chi connectivity index (χ1) is 31.2. The Morgan fingerprint density at radius 3 is 1.65 bits per heavy atom. The second kappa shape index (κ2) is 13.9. The highest BCUT2D eigenvalue weighted by Crippen LogP contribution is 2.43. The molecule has 13 rings (SSSR count). The van der Waals surface area contributed by atoms with Crippen molar-refractivity contribution in [2.24, 2.45) is 0 Å². The average Bonchev–Trinajstić information content (AvgIpc) is 4.02. The van der Waals surface area contributed by atoms with E-state index >= 15 is 0 Å². The first-order valence-corrected chi connectivity index (χ1v) is 20.9. The molecule has 0 bridgehead atoms. The van der Waals surface area contributed by atoms with Crippen LogP contribution in [0.3, 0.4) is 0 Å². The number of rotatable bonds is 6. The molecule has 0 saturated heterocycles. The quantitative estimate of drug-likeness (QED) is 0.166. The summed E-state index contributed by atoms with van der Waals surface area (Å²) in [5.41, 5.74) is 12.4. The van der Waals surface area contributed by atoms with Crippen LogP contribution in [0.25, 0.3) is 122 Å². The number of fused-ring (bicyclic) bond motifs is 10. The van der Waals surface area contributed by atoms with Crippen LogP contribution in [0.1, 0.15) is 0 Å². The lowest BCUT2D eigenvalue weighted by molar-refractivity contribution is 0.669. The number of hydrogen-bond acceptors (Lipinski definition) is 6. The lowest BCUT2D eigenvalue weighted by Crippen LogP contribution is -2.07. The van der Waals surface area contributed by atoms with E-state index in [1.165, 1.54) is 0 Å². The zero-order valence-electron chi connectivity index (χ0n) is 33.6. The fourth-order valence-electron chi connectivity index (χ4n) is 9.19. The molecule has 0 aliphatic heterocycles. The molecule has 13 aromatic rings. The summed E-state index contributed by atoms with van der Waals surface area (Å²) in [7, 11) is 0. The standard InChI is InChI=1S/C55H33N7O/c1-3-13-34(14-4-1)36-23-28-49-43(31-36)44-32-38(24-29-50(44)63-49)61-47-20-9-7-17-39(47)41-25-26-42-40-18-8-10-21-48(40)62(52(42)51(41)61)55-59-53(35-15-5-2-6-16-35)58-54(60-55)37-22-27-46(57-33-37)45-19-11-12-30-56-45/h1-33H. The molecule has 0 spiro atoms. The van der Waals surface area contributed by atoms with Crippen molar-refractivity contribution in [3.63, 3.8) is 0 Å². The zero-order chi connectivity index (χ0) is 41.4. The van der Waals surface area contributed by atoms with Crippen molar-refractivity contribution in [2.45, 2.75) is 0 Å². The van der Waals surface area contributed by atoms with Crippen LogP contribution in [-0.2, 0) is 0 Å². The van der Waals surface area contributed by atoms with Crippen LogP contribution in [0.4, 0.5) is 0 Å². The first-order valence-electron chi connectivity index (χ1n) is 20.9. The molecule has 6 heterocycles. The number of para-hydroxylation sites is 2. The second-order valence-electron chi connectivity index (χ2n) is 15.7. The molecular formula is C55H33N7O. The fourth-order valence-corrected chi connectivity index (χ4v) is 9.19. The van der Waals surface area contributed by atoms with Crippen LogP contribution < -0.4 is 0 Å². The van der Waals surface area contributed by atoms with Crippen molar-refractivity contribution in [3.05, 3.63) is 200 Å². The number of aromatic nitrogens is 7. The fraction of sp³-hybridized carbons (Fsp3) is 0. The molecule has 8 heteroatoms. The molecule has 63 heavy (non-hydrogen) atoms. The number of hydrogen-bond donors (Lipinski definition) is 0. The maximum Gasteiger partial charge on any atom is 0.238 e. The summed E-state index contributed by atoms with van der Waals surface area (Å²) in [4.78, 5) is 25.0. The summed E-state index contributed by atoms with van der Waals surface area (Å²) in [6.45, 7) is 0. The topological polar surface area (TPSA) is 87.5 Å². The van der Waals surface area contributed by atoms with Gasteiger partial charge in [0.25, 0.3) is 0 Å². The monoisotopic (exact) mass is 807 g/mol. The SMILES string of the molecule is c1ccc(-c2ccc3oc4ccc(-n5c6ccccc6c6ccc7c8ccccc8n(-c8nc(-c9ccccc9)nc(-c9ccc(-c%10ccccn%10)nc9)n8)c7c65)cc4c3c2)cc1. The highest BCUT2D eigenvalue weighted by atomic mass is 16.3. The third kappa shape index (κ3) is 5.58. The van der Waals surface area contributed by atoms with E-state index in [-0.39, 0.29) is 0 Å². The highest BCUT2D eigenvalue weighted by molar-refractivity contribution is 6.24. The predicted molar refractivity (Wildman–Crippen MR) is 253 cm³/mol.